The van der Waals surface area contributed by atoms with Crippen LogP contribution in [0.3, 0.4) is 0 Å². The van der Waals surface area contributed by atoms with Gasteiger partial charge >= 0.3 is 0 Å². The first-order chi connectivity index (χ1) is 13.2. The lowest BCUT2D eigenvalue weighted by molar-refractivity contribution is -0.120. The summed E-state index contributed by atoms with van der Waals surface area (Å²) in [5, 5.41) is 12.3. The topological polar surface area (TPSA) is 108 Å². The van der Waals surface area contributed by atoms with Gasteiger partial charge in [0.2, 0.25) is 17.5 Å². The number of piperidine rings is 1. The molecule has 0 saturated carbocycles. The monoisotopic (exact) mass is 363 g/mol. The molecule has 27 heavy (non-hydrogen) atoms. The Morgan fingerprint density at radius 3 is 2.81 bits per heavy atom. The lowest BCUT2D eigenvalue weighted by atomic mass is 9.96. The number of pyridine rings is 1. The van der Waals surface area contributed by atoms with E-state index in [0.29, 0.717) is 43.3 Å². The quantitative estimate of drug-likeness (QED) is 0.759. The van der Waals surface area contributed by atoms with E-state index in [9.17, 15) is 10.1 Å². The summed E-state index contributed by atoms with van der Waals surface area (Å²) < 4.78 is 11.1. The van der Waals surface area contributed by atoms with Gasteiger partial charge in [-0.05, 0) is 37.1 Å². The molecule has 0 bridgehead atoms. The Morgan fingerprint density at radius 1 is 1.30 bits per heavy atom. The molecule has 1 aliphatic heterocycles. The van der Waals surface area contributed by atoms with Gasteiger partial charge in [0.05, 0.1) is 18.1 Å². The largest absolute Gasteiger partial charge is 0.459 e. The molecule has 4 rings (SSSR count). The number of hydrogen-bond donors (Lipinski definition) is 1. The number of nitriles is 1. The van der Waals surface area contributed by atoms with Gasteiger partial charge in [0.15, 0.2) is 5.76 Å². The molecule has 0 radical (unpaired) electrons. The summed E-state index contributed by atoms with van der Waals surface area (Å²) in [6, 6.07) is 9.12. The number of anilines is 2. The van der Waals surface area contributed by atoms with Gasteiger partial charge in [-0.2, -0.15) is 10.2 Å². The molecule has 3 aromatic heterocycles. The van der Waals surface area contributed by atoms with E-state index >= 15 is 0 Å². The summed E-state index contributed by atoms with van der Waals surface area (Å²) in [6.07, 6.45) is 6.13. The lowest BCUT2D eigenvalue weighted by Gasteiger charge is -2.30. The third-order valence-electron chi connectivity index (χ3n) is 4.53. The molecule has 8 heteroatoms. The van der Waals surface area contributed by atoms with Gasteiger partial charge in [0, 0.05) is 25.2 Å². The maximum absolute atomic E-state index is 12.4. The molecule has 0 atom stereocenters. The van der Waals surface area contributed by atoms with Crippen molar-refractivity contribution in [3.8, 4) is 17.7 Å². The molecule has 1 N–H and O–H groups in total. The number of carbonyl (C=O) groups is 1. The second-order valence-corrected chi connectivity index (χ2v) is 6.25. The summed E-state index contributed by atoms with van der Waals surface area (Å²) in [6.45, 7) is 1.21. The molecule has 136 valence electrons. The van der Waals surface area contributed by atoms with Crippen LogP contribution in [0, 0.1) is 17.2 Å². The molecule has 4 heterocycles. The van der Waals surface area contributed by atoms with Gasteiger partial charge in [0.1, 0.15) is 6.07 Å². The minimum Gasteiger partial charge on any atom is -0.459 e. The molecule has 1 amide bonds. The third-order valence-corrected chi connectivity index (χ3v) is 4.53. The summed E-state index contributed by atoms with van der Waals surface area (Å²) in [5.41, 5.74) is 0.912. The van der Waals surface area contributed by atoms with Crippen molar-refractivity contribution in [2.75, 3.05) is 23.3 Å². The summed E-state index contributed by atoms with van der Waals surface area (Å²) in [7, 11) is 0. The average molecular weight is 363 g/mol. The van der Waals surface area contributed by atoms with Crippen molar-refractivity contribution in [1.82, 2.24) is 9.97 Å². The van der Waals surface area contributed by atoms with Gasteiger partial charge in [-0.25, -0.2) is 0 Å². The standard InChI is InChI=1S/C19H17N5O3/c20-11-15-19(27-18(23-15)16-4-2-10-26-16)24-8-5-13(6-9-24)17(25)22-14-3-1-7-21-12-14/h1-4,7,10,12-13H,5-6,8-9H2,(H,22,25). The predicted octanol–water partition coefficient (Wildman–Crippen LogP) is 3.06. The molecule has 3 aromatic rings. The van der Waals surface area contributed by atoms with E-state index in [1.807, 2.05) is 11.0 Å². The molecular weight excluding hydrogens is 346 g/mol. The fraction of sp³-hybridized carbons (Fsp3) is 0.263. The normalized spacial score (nSPS) is 14.7. The Bertz CT molecular complexity index is 951. The van der Waals surface area contributed by atoms with Gasteiger partial charge in [-0.15, -0.1) is 0 Å². The molecule has 0 unspecified atom stereocenters. The van der Waals surface area contributed by atoms with Crippen LogP contribution in [-0.4, -0.2) is 29.0 Å². The Labute approximate surface area is 155 Å². The van der Waals surface area contributed by atoms with Crippen LogP contribution in [0.4, 0.5) is 11.6 Å². The molecule has 8 nitrogen and oxygen atoms in total. The smallest absolute Gasteiger partial charge is 0.266 e. The highest BCUT2D eigenvalue weighted by molar-refractivity contribution is 5.92. The zero-order valence-corrected chi connectivity index (χ0v) is 14.5. The Kier molecular flexibility index (Phi) is 4.58. The summed E-state index contributed by atoms with van der Waals surface area (Å²) >= 11 is 0. The number of nitrogens with zero attached hydrogens (tertiary/aromatic N) is 4. The van der Waals surface area contributed by atoms with Crippen molar-refractivity contribution in [3.05, 3.63) is 48.6 Å². The van der Waals surface area contributed by atoms with E-state index < -0.39 is 0 Å². The first-order valence-corrected chi connectivity index (χ1v) is 8.65. The fourth-order valence-corrected chi connectivity index (χ4v) is 3.13. The van der Waals surface area contributed by atoms with Crippen molar-refractivity contribution in [2.24, 2.45) is 5.92 Å². The van der Waals surface area contributed by atoms with Crippen LogP contribution in [-0.2, 0) is 4.79 Å². The minimum absolute atomic E-state index is 0.0167. The van der Waals surface area contributed by atoms with E-state index in [4.69, 9.17) is 8.83 Å². The molecule has 0 spiro atoms. The van der Waals surface area contributed by atoms with E-state index in [-0.39, 0.29) is 23.4 Å². The summed E-state index contributed by atoms with van der Waals surface area (Å²) in [5.74, 6) is 1.07. The van der Waals surface area contributed by atoms with Gasteiger partial charge in [-0.1, -0.05) is 0 Å². The fourth-order valence-electron chi connectivity index (χ4n) is 3.13. The van der Waals surface area contributed by atoms with Crippen LogP contribution >= 0.6 is 0 Å². The number of amides is 1. The van der Waals surface area contributed by atoms with Crippen molar-refractivity contribution in [1.29, 1.82) is 5.26 Å². The molecule has 0 aromatic carbocycles. The maximum Gasteiger partial charge on any atom is 0.266 e. The maximum atomic E-state index is 12.4. The summed E-state index contributed by atoms with van der Waals surface area (Å²) in [4.78, 5) is 22.6. The average Bonchev–Trinajstić information content (AvgIpc) is 3.38. The number of aromatic nitrogens is 2. The molecule has 0 aliphatic carbocycles. The van der Waals surface area contributed by atoms with Gasteiger partial charge < -0.3 is 19.1 Å². The molecule has 1 aliphatic rings. The van der Waals surface area contributed by atoms with Crippen molar-refractivity contribution in [3.63, 3.8) is 0 Å². The highest BCUT2D eigenvalue weighted by atomic mass is 16.4. The predicted molar refractivity (Wildman–Crippen MR) is 96.7 cm³/mol. The van der Waals surface area contributed by atoms with Crippen LogP contribution < -0.4 is 10.2 Å². The van der Waals surface area contributed by atoms with Gasteiger partial charge in [-0.3, -0.25) is 9.78 Å². The van der Waals surface area contributed by atoms with Gasteiger partial charge in [0.25, 0.3) is 5.89 Å². The Morgan fingerprint density at radius 2 is 2.15 bits per heavy atom. The molecular formula is C19H17N5O3. The van der Waals surface area contributed by atoms with E-state index in [1.54, 1.807) is 30.6 Å². The molecule has 1 fully saturated rings. The van der Waals surface area contributed by atoms with E-state index in [0.717, 1.165) is 0 Å². The first-order valence-electron chi connectivity index (χ1n) is 8.65. The highest BCUT2D eigenvalue weighted by Gasteiger charge is 2.29. The zero-order valence-electron chi connectivity index (χ0n) is 14.5. The third kappa shape index (κ3) is 3.53. The number of hydrogen-bond acceptors (Lipinski definition) is 7. The van der Waals surface area contributed by atoms with E-state index in [2.05, 4.69) is 21.4 Å². The second kappa shape index (κ2) is 7.33. The van der Waals surface area contributed by atoms with Crippen LogP contribution in [0.15, 0.2) is 51.8 Å². The number of rotatable bonds is 4. The molecule has 1 saturated heterocycles. The van der Waals surface area contributed by atoms with Crippen LogP contribution in [0.25, 0.3) is 11.7 Å². The number of oxazole rings is 1. The number of furan rings is 1. The van der Waals surface area contributed by atoms with Crippen molar-refractivity contribution >= 4 is 17.5 Å². The van der Waals surface area contributed by atoms with Crippen molar-refractivity contribution < 1.29 is 13.6 Å². The van der Waals surface area contributed by atoms with Crippen molar-refractivity contribution in [2.45, 2.75) is 12.8 Å². The van der Waals surface area contributed by atoms with E-state index in [1.165, 1.54) is 6.26 Å². The zero-order chi connectivity index (χ0) is 18.6. The Hall–Kier alpha value is -3.60. The minimum atomic E-state index is -0.0977. The van der Waals surface area contributed by atoms with Crippen LogP contribution in [0.5, 0.6) is 0 Å². The Balaban J connectivity index is 1.42. The number of nitrogens with one attached hydrogen (secondary N) is 1. The second-order valence-electron chi connectivity index (χ2n) is 6.25. The van der Waals surface area contributed by atoms with Crippen LogP contribution in [0.2, 0.25) is 0 Å². The number of carbonyl (C=O) groups excluding carboxylic acids is 1. The first kappa shape index (κ1) is 16.8. The highest BCUT2D eigenvalue weighted by Crippen LogP contribution is 2.31. The SMILES string of the molecule is N#Cc1nc(-c2ccco2)oc1N1CCC(C(=O)Nc2cccnc2)CC1. The lowest BCUT2D eigenvalue weighted by Crippen LogP contribution is -2.38. The van der Waals surface area contributed by atoms with Crippen LogP contribution in [0.1, 0.15) is 18.5 Å².